The van der Waals surface area contributed by atoms with Crippen LogP contribution in [0.5, 0.6) is 5.75 Å². The third-order valence-electron chi connectivity index (χ3n) is 1.63. The molecule has 5 nitrogen and oxygen atoms in total. The van der Waals surface area contributed by atoms with Crippen LogP contribution in [0.3, 0.4) is 0 Å². The van der Waals surface area contributed by atoms with E-state index in [4.69, 9.17) is 0 Å². The summed E-state index contributed by atoms with van der Waals surface area (Å²) in [6.07, 6.45) is 0. The van der Waals surface area contributed by atoms with Gasteiger partial charge in [0.25, 0.3) is 5.91 Å². The molecular formula is C7H11N3O2. The molecule has 12 heavy (non-hydrogen) atoms. The number of hydrogen-bond donors (Lipinski definition) is 2. The standard InChI is InChI=1S/C7H11N3O2/c1-4-6(11)5(7(12)8-2)10(3)9-4/h11H,1-3H3,(H,8,12). The topological polar surface area (TPSA) is 67.2 Å². The summed E-state index contributed by atoms with van der Waals surface area (Å²) in [5.41, 5.74) is 0.645. The lowest BCUT2D eigenvalue weighted by Crippen LogP contribution is -2.21. The van der Waals surface area contributed by atoms with Gasteiger partial charge in [-0.3, -0.25) is 9.48 Å². The maximum atomic E-state index is 11.1. The zero-order chi connectivity index (χ0) is 9.30. The Bertz CT molecular complexity index is 317. The number of aromatic hydroxyl groups is 1. The molecule has 5 heteroatoms. The van der Waals surface area contributed by atoms with Gasteiger partial charge in [0.2, 0.25) is 0 Å². The van der Waals surface area contributed by atoms with Gasteiger partial charge in [0.15, 0.2) is 11.4 Å². The smallest absolute Gasteiger partial charge is 0.273 e. The second kappa shape index (κ2) is 2.84. The highest BCUT2D eigenvalue weighted by atomic mass is 16.3. The normalized spacial score (nSPS) is 9.92. The molecule has 0 atom stereocenters. The predicted molar refractivity (Wildman–Crippen MR) is 43.0 cm³/mol. The Balaban J connectivity index is 3.22. The van der Waals surface area contributed by atoms with E-state index in [1.54, 1.807) is 14.0 Å². The quantitative estimate of drug-likeness (QED) is 0.611. The van der Waals surface area contributed by atoms with Crippen LogP contribution in [0.25, 0.3) is 0 Å². The Hall–Kier alpha value is -1.52. The predicted octanol–water partition coefficient (Wildman–Crippen LogP) is -0.206. The van der Waals surface area contributed by atoms with Gasteiger partial charge in [-0.05, 0) is 6.92 Å². The zero-order valence-electron chi connectivity index (χ0n) is 7.25. The summed E-state index contributed by atoms with van der Waals surface area (Å²) >= 11 is 0. The average molecular weight is 169 g/mol. The van der Waals surface area contributed by atoms with Gasteiger partial charge in [0.1, 0.15) is 5.69 Å². The highest BCUT2D eigenvalue weighted by Gasteiger charge is 2.17. The lowest BCUT2D eigenvalue weighted by molar-refractivity contribution is 0.0951. The monoisotopic (exact) mass is 169 g/mol. The Morgan fingerprint density at radius 2 is 2.25 bits per heavy atom. The number of aromatic nitrogens is 2. The molecule has 0 radical (unpaired) electrons. The van der Waals surface area contributed by atoms with Crippen molar-refractivity contribution in [2.24, 2.45) is 7.05 Å². The zero-order valence-corrected chi connectivity index (χ0v) is 7.25. The van der Waals surface area contributed by atoms with Crippen LogP contribution in [-0.2, 0) is 7.05 Å². The largest absolute Gasteiger partial charge is 0.504 e. The fourth-order valence-electron chi connectivity index (χ4n) is 1.02. The summed E-state index contributed by atoms with van der Waals surface area (Å²) in [5, 5.41) is 15.7. The highest BCUT2D eigenvalue weighted by molar-refractivity contribution is 5.95. The summed E-state index contributed by atoms with van der Waals surface area (Å²) in [5.74, 6) is -0.396. The summed E-state index contributed by atoms with van der Waals surface area (Å²) in [4.78, 5) is 11.1. The molecule has 0 aliphatic carbocycles. The van der Waals surface area contributed by atoms with Gasteiger partial charge in [-0.1, -0.05) is 0 Å². The summed E-state index contributed by atoms with van der Waals surface area (Å²) < 4.78 is 1.35. The van der Waals surface area contributed by atoms with Crippen molar-refractivity contribution in [3.63, 3.8) is 0 Å². The third-order valence-corrected chi connectivity index (χ3v) is 1.63. The minimum atomic E-state index is -0.337. The summed E-state index contributed by atoms with van der Waals surface area (Å²) in [7, 11) is 3.11. The number of aryl methyl sites for hydroxylation is 2. The molecule has 0 unspecified atom stereocenters. The van der Waals surface area contributed by atoms with Crippen molar-refractivity contribution in [2.75, 3.05) is 7.05 Å². The van der Waals surface area contributed by atoms with Crippen molar-refractivity contribution >= 4 is 5.91 Å². The molecule has 66 valence electrons. The van der Waals surface area contributed by atoms with Crippen LogP contribution in [0.15, 0.2) is 0 Å². The number of amides is 1. The molecule has 1 aromatic heterocycles. The van der Waals surface area contributed by atoms with Crippen molar-refractivity contribution in [3.8, 4) is 5.75 Å². The SMILES string of the molecule is CNC(=O)c1c(O)c(C)nn1C. The molecule has 1 heterocycles. The number of hydrogen-bond acceptors (Lipinski definition) is 3. The first-order valence-electron chi connectivity index (χ1n) is 3.52. The second-order valence-corrected chi connectivity index (χ2v) is 2.49. The summed E-state index contributed by atoms with van der Waals surface area (Å²) in [6.45, 7) is 1.64. The van der Waals surface area contributed by atoms with Gasteiger partial charge < -0.3 is 10.4 Å². The molecule has 0 fully saturated rings. The van der Waals surface area contributed by atoms with Gasteiger partial charge in [-0.15, -0.1) is 0 Å². The molecule has 1 rings (SSSR count). The first-order chi connectivity index (χ1) is 5.57. The highest BCUT2D eigenvalue weighted by Crippen LogP contribution is 2.19. The van der Waals surface area contributed by atoms with E-state index in [1.807, 2.05) is 0 Å². The van der Waals surface area contributed by atoms with Gasteiger partial charge >= 0.3 is 0 Å². The number of nitrogens with zero attached hydrogens (tertiary/aromatic N) is 2. The molecule has 0 spiro atoms. The fraction of sp³-hybridized carbons (Fsp3) is 0.429. The lowest BCUT2D eigenvalue weighted by Gasteiger charge is -1.99. The minimum absolute atomic E-state index is 0.0585. The molecule has 2 N–H and O–H groups in total. The van der Waals surface area contributed by atoms with Gasteiger partial charge in [-0.25, -0.2) is 0 Å². The number of nitrogens with one attached hydrogen (secondary N) is 1. The number of carbonyl (C=O) groups is 1. The molecule has 1 amide bonds. The maximum absolute atomic E-state index is 11.1. The number of carbonyl (C=O) groups excluding carboxylic acids is 1. The van der Waals surface area contributed by atoms with Crippen LogP contribution in [0.1, 0.15) is 16.2 Å². The van der Waals surface area contributed by atoms with Crippen LogP contribution in [0.2, 0.25) is 0 Å². The van der Waals surface area contributed by atoms with Gasteiger partial charge in [0.05, 0.1) is 0 Å². The first-order valence-corrected chi connectivity index (χ1v) is 3.52. The van der Waals surface area contributed by atoms with Crippen molar-refractivity contribution < 1.29 is 9.90 Å². The Labute approximate surface area is 70.0 Å². The van der Waals surface area contributed by atoms with Crippen molar-refractivity contribution in [1.29, 1.82) is 0 Å². The van der Waals surface area contributed by atoms with E-state index in [9.17, 15) is 9.90 Å². The molecule has 1 aromatic rings. The Morgan fingerprint density at radius 1 is 1.67 bits per heavy atom. The van der Waals surface area contributed by atoms with E-state index < -0.39 is 0 Å². The molecule has 0 aromatic carbocycles. The van der Waals surface area contributed by atoms with Gasteiger partial charge in [0, 0.05) is 14.1 Å². The Kier molecular flexibility index (Phi) is 2.03. The van der Waals surface area contributed by atoms with Crippen LogP contribution in [0, 0.1) is 6.92 Å². The lowest BCUT2D eigenvalue weighted by atomic mass is 10.3. The molecule has 0 aliphatic heterocycles. The average Bonchev–Trinajstić information content (AvgIpc) is 2.26. The van der Waals surface area contributed by atoms with Crippen LogP contribution in [-0.4, -0.2) is 27.8 Å². The molecular weight excluding hydrogens is 158 g/mol. The molecule has 0 bridgehead atoms. The minimum Gasteiger partial charge on any atom is -0.504 e. The number of rotatable bonds is 1. The van der Waals surface area contributed by atoms with E-state index in [0.717, 1.165) is 0 Å². The third kappa shape index (κ3) is 1.13. The van der Waals surface area contributed by atoms with E-state index in [0.29, 0.717) is 5.69 Å². The molecule has 0 aliphatic rings. The van der Waals surface area contributed by atoms with Crippen molar-refractivity contribution in [1.82, 2.24) is 15.1 Å². The van der Waals surface area contributed by atoms with Crippen LogP contribution in [0.4, 0.5) is 0 Å². The van der Waals surface area contributed by atoms with Crippen LogP contribution >= 0.6 is 0 Å². The summed E-state index contributed by atoms with van der Waals surface area (Å²) in [6, 6.07) is 0. The van der Waals surface area contributed by atoms with E-state index >= 15 is 0 Å². The van der Waals surface area contributed by atoms with Crippen molar-refractivity contribution in [3.05, 3.63) is 11.4 Å². The molecule has 0 saturated carbocycles. The Morgan fingerprint density at radius 3 is 2.58 bits per heavy atom. The fourth-order valence-corrected chi connectivity index (χ4v) is 1.02. The van der Waals surface area contributed by atoms with E-state index in [2.05, 4.69) is 10.4 Å². The second-order valence-electron chi connectivity index (χ2n) is 2.49. The first kappa shape index (κ1) is 8.58. The molecule has 0 saturated heterocycles. The van der Waals surface area contributed by atoms with Gasteiger partial charge in [-0.2, -0.15) is 5.10 Å². The van der Waals surface area contributed by atoms with E-state index in [1.165, 1.54) is 11.7 Å². The van der Waals surface area contributed by atoms with E-state index in [-0.39, 0.29) is 17.4 Å². The van der Waals surface area contributed by atoms with Crippen molar-refractivity contribution in [2.45, 2.75) is 6.92 Å². The maximum Gasteiger partial charge on any atom is 0.273 e. The van der Waals surface area contributed by atoms with Crippen LogP contribution < -0.4 is 5.32 Å².